The van der Waals surface area contributed by atoms with E-state index < -0.39 is 11.7 Å². The number of hydrogen-bond acceptors (Lipinski definition) is 2. The highest BCUT2D eigenvalue weighted by Gasteiger charge is 2.33. The molecule has 0 radical (unpaired) electrons. The number of rotatable bonds is 4. The molecule has 0 saturated carbocycles. The maximum absolute atomic E-state index is 9.82. The van der Waals surface area contributed by atoms with Gasteiger partial charge in [-0.25, -0.2) is 0 Å². The van der Waals surface area contributed by atoms with Crippen LogP contribution in [0, 0.1) is 5.92 Å². The number of hydrogen-bond donors (Lipinski definition) is 2. The van der Waals surface area contributed by atoms with E-state index in [0.29, 0.717) is 12.8 Å². The van der Waals surface area contributed by atoms with Crippen molar-refractivity contribution >= 4 is 0 Å². The highest BCUT2D eigenvalue weighted by atomic mass is 16.3. The zero-order chi connectivity index (χ0) is 9.07. The molecule has 0 amide bonds. The van der Waals surface area contributed by atoms with Gasteiger partial charge in [-0.1, -0.05) is 27.7 Å². The SMILES string of the molecule is CCC(O)(CC)[C@@H](O)C(C)C. The predicted octanol–water partition coefficient (Wildman–Crippen LogP) is 1.55. The lowest BCUT2D eigenvalue weighted by Gasteiger charge is -2.33. The van der Waals surface area contributed by atoms with E-state index in [4.69, 9.17) is 0 Å². The first-order valence-electron chi connectivity index (χ1n) is 4.38. The minimum absolute atomic E-state index is 0.125. The van der Waals surface area contributed by atoms with Crippen LogP contribution in [-0.2, 0) is 0 Å². The van der Waals surface area contributed by atoms with Crippen molar-refractivity contribution in [1.82, 2.24) is 0 Å². The van der Waals surface area contributed by atoms with E-state index in [-0.39, 0.29) is 5.92 Å². The molecule has 0 aliphatic heterocycles. The second kappa shape index (κ2) is 4.07. The van der Waals surface area contributed by atoms with Gasteiger partial charge in [0.2, 0.25) is 0 Å². The zero-order valence-electron chi connectivity index (χ0n) is 7.96. The quantitative estimate of drug-likeness (QED) is 0.655. The first-order valence-corrected chi connectivity index (χ1v) is 4.38. The van der Waals surface area contributed by atoms with E-state index in [1.807, 2.05) is 27.7 Å². The molecule has 0 aromatic heterocycles. The molecule has 0 fully saturated rings. The Balaban J connectivity index is 4.24. The van der Waals surface area contributed by atoms with E-state index >= 15 is 0 Å². The zero-order valence-corrected chi connectivity index (χ0v) is 7.96. The summed E-state index contributed by atoms with van der Waals surface area (Å²) in [6.45, 7) is 7.63. The molecule has 11 heavy (non-hydrogen) atoms. The standard InChI is InChI=1S/C9H20O2/c1-5-9(11,6-2)8(10)7(3)4/h7-8,10-11H,5-6H2,1-4H3/t8-/m0/s1. The number of aliphatic hydroxyl groups excluding tert-OH is 1. The van der Waals surface area contributed by atoms with Crippen LogP contribution in [0.3, 0.4) is 0 Å². The topological polar surface area (TPSA) is 40.5 Å². The summed E-state index contributed by atoms with van der Waals surface area (Å²) in [5.74, 6) is 0.125. The summed E-state index contributed by atoms with van der Waals surface area (Å²) in [4.78, 5) is 0. The molecule has 0 bridgehead atoms. The summed E-state index contributed by atoms with van der Waals surface area (Å²) < 4.78 is 0. The minimum Gasteiger partial charge on any atom is -0.390 e. The van der Waals surface area contributed by atoms with Gasteiger partial charge in [0.25, 0.3) is 0 Å². The molecule has 68 valence electrons. The molecule has 2 heteroatoms. The lowest BCUT2D eigenvalue weighted by atomic mass is 9.84. The fourth-order valence-corrected chi connectivity index (χ4v) is 1.29. The van der Waals surface area contributed by atoms with Crippen molar-refractivity contribution in [3.8, 4) is 0 Å². The average Bonchev–Trinajstić information content (AvgIpc) is 2.01. The summed E-state index contributed by atoms with van der Waals surface area (Å²) in [5.41, 5.74) is -0.881. The van der Waals surface area contributed by atoms with Crippen LogP contribution >= 0.6 is 0 Å². The van der Waals surface area contributed by atoms with E-state index in [9.17, 15) is 10.2 Å². The third-order valence-corrected chi connectivity index (χ3v) is 2.41. The van der Waals surface area contributed by atoms with Gasteiger partial charge in [0, 0.05) is 0 Å². The van der Waals surface area contributed by atoms with E-state index in [1.54, 1.807) is 0 Å². The van der Waals surface area contributed by atoms with Gasteiger partial charge in [-0.05, 0) is 18.8 Å². The predicted molar refractivity (Wildman–Crippen MR) is 46.4 cm³/mol. The van der Waals surface area contributed by atoms with E-state index in [0.717, 1.165) is 0 Å². The first kappa shape index (κ1) is 10.9. The Morgan fingerprint density at radius 1 is 1.18 bits per heavy atom. The Bertz CT molecular complexity index is 106. The summed E-state index contributed by atoms with van der Waals surface area (Å²) in [7, 11) is 0. The maximum Gasteiger partial charge on any atom is 0.0902 e. The summed E-state index contributed by atoms with van der Waals surface area (Å²) in [6.07, 6.45) is 0.628. The molecular formula is C9H20O2. The van der Waals surface area contributed by atoms with Crippen LogP contribution in [0.2, 0.25) is 0 Å². The molecule has 0 unspecified atom stereocenters. The van der Waals surface area contributed by atoms with E-state index in [1.165, 1.54) is 0 Å². The largest absolute Gasteiger partial charge is 0.390 e. The fraction of sp³-hybridized carbons (Fsp3) is 1.00. The second-order valence-electron chi connectivity index (χ2n) is 3.50. The van der Waals surface area contributed by atoms with Gasteiger partial charge in [-0.3, -0.25) is 0 Å². The van der Waals surface area contributed by atoms with Crippen LogP contribution in [-0.4, -0.2) is 21.9 Å². The normalized spacial score (nSPS) is 15.5. The van der Waals surface area contributed by atoms with Gasteiger partial charge in [-0.15, -0.1) is 0 Å². The van der Waals surface area contributed by atoms with Gasteiger partial charge in [-0.2, -0.15) is 0 Å². The summed E-state index contributed by atoms with van der Waals surface area (Å²) >= 11 is 0. The van der Waals surface area contributed by atoms with Crippen molar-refractivity contribution in [2.45, 2.75) is 52.2 Å². The highest BCUT2D eigenvalue weighted by Crippen LogP contribution is 2.24. The molecular weight excluding hydrogens is 140 g/mol. The average molecular weight is 160 g/mol. The van der Waals surface area contributed by atoms with Crippen LogP contribution in [0.15, 0.2) is 0 Å². The third-order valence-electron chi connectivity index (χ3n) is 2.41. The Morgan fingerprint density at radius 3 is 1.64 bits per heavy atom. The van der Waals surface area contributed by atoms with Crippen molar-refractivity contribution in [3.63, 3.8) is 0 Å². The molecule has 0 rings (SSSR count). The van der Waals surface area contributed by atoms with Crippen LogP contribution in [0.5, 0.6) is 0 Å². The second-order valence-corrected chi connectivity index (χ2v) is 3.50. The summed E-state index contributed by atoms with van der Waals surface area (Å²) in [5, 5.41) is 19.4. The Morgan fingerprint density at radius 2 is 1.55 bits per heavy atom. The molecule has 0 spiro atoms. The molecule has 0 saturated heterocycles. The molecule has 2 nitrogen and oxygen atoms in total. The molecule has 0 aliphatic rings. The van der Waals surface area contributed by atoms with Crippen molar-refractivity contribution < 1.29 is 10.2 Å². The molecule has 2 N–H and O–H groups in total. The fourth-order valence-electron chi connectivity index (χ4n) is 1.29. The van der Waals surface area contributed by atoms with Crippen LogP contribution in [0.25, 0.3) is 0 Å². The third kappa shape index (κ3) is 2.46. The van der Waals surface area contributed by atoms with Gasteiger partial charge in [0.05, 0.1) is 11.7 Å². The Labute approximate surface area is 69.2 Å². The van der Waals surface area contributed by atoms with Gasteiger partial charge < -0.3 is 10.2 Å². The van der Waals surface area contributed by atoms with Crippen molar-refractivity contribution in [2.75, 3.05) is 0 Å². The van der Waals surface area contributed by atoms with Crippen LogP contribution in [0.4, 0.5) is 0 Å². The highest BCUT2D eigenvalue weighted by molar-refractivity contribution is 4.85. The maximum atomic E-state index is 9.82. The molecule has 1 atom stereocenters. The van der Waals surface area contributed by atoms with Gasteiger partial charge in [0.1, 0.15) is 0 Å². The van der Waals surface area contributed by atoms with Gasteiger partial charge >= 0.3 is 0 Å². The van der Waals surface area contributed by atoms with Crippen LogP contribution < -0.4 is 0 Å². The van der Waals surface area contributed by atoms with Gasteiger partial charge in [0.15, 0.2) is 0 Å². The summed E-state index contributed by atoms with van der Waals surface area (Å²) in [6, 6.07) is 0. The van der Waals surface area contributed by atoms with Crippen LogP contribution in [0.1, 0.15) is 40.5 Å². The Hall–Kier alpha value is -0.0800. The van der Waals surface area contributed by atoms with Crippen molar-refractivity contribution in [3.05, 3.63) is 0 Å². The number of aliphatic hydroxyl groups is 2. The smallest absolute Gasteiger partial charge is 0.0902 e. The lowest BCUT2D eigenvalue weighted by molar-refractivity contribution is -0.0988. The molecule has 0 aromatic rings. The monoisotopic (exact) mass is 160 g/mol. The van der Waals surface area contributed by atoms with E-state index in [2.05, 4.69) is 0 Å². The molecule has 0 aromatic carbocycles. The minimum atomic E-state index is -0.881. The molecule has 0 heterocycles. The Kier molecular flexibility index (Phi) is 4.04. The molecule has 0 aliphatic carbocycles. The first-order chi connectivity index (χ1) is 4.98. The van der Waals surface area contributed by atoms with Crippen molar-refractivity contribution in [2.24, 2.45) is 5.92 Å². The van der Waals surface area contributed by atoms with Crippen molar-refractivity contribution in [1.29, 1.82) is 0 Å². The lowest BCUT2D eigenvalue weighted by Crippen LogP contribution is -2.44.